The number of aliphatic hydroxyl groups excluding tert-OH is 1. The van der Waals surface area contributed by atoms with Crippen LogP contribution in [-0.2, 0) is 19.1 Å². The zero-order valence-electron chi connectivity index (χ0n) is 20.9. The molecule has 34 heavy (non-hydrogen) atoms. The predicted molar refractivity (Wildman–Crippen MR) is 126 cm³/mol. The summed E-state index contributed by atoms with van der Waals surface area (Å²) in [4.78, 5) is 37.3. The number of fused-ring (bicyclic) bond motifs is 5. The van der Waals surface area contributed by atoms with Crippen molar-refractivity contribution in [2.24, 2.45) is 40.4 Å². The van der Waals surface area contributed by atoms with E-state index in [9.17, 15) is 19.5 Å². The molecule has 9 atom stereocenters. The number of Topliss-reactive ketones (excluding diaryl/α,β-unsaturated/α-hetero) is 1. The molecule has 188 valence electrons. The van der Waals surface area contributed by atoms with E-state index in [0.717, 1.165) is 25.7 Å². The van der Waals surface area contributed by atoms with Crippen molar-refractivity contribution in [2.75, 3.05) is 6.61 Å². The number of ketones is 2. The predicted octanol–water partition coefficient (Wildman–Crippen LogP) is 4.77. The van der Waals surface area contributed by atoms with E-state index in [4.69, 9.17) is 4.74 Å². The number of hydrogen-bond donors (Lipinski definition) is 1. The first-order valence-corrected chi connectivity index (χ1v) is 13.0. The van der Waals surface area contributed by atoms with Crippen LogP contribution in [0.25, 0.3) is 0 Å². The van der Waals surface area contributed by atoms with Gasteiger partial charge in [0.05, 0.1) is 6.10 Å². The SMILES string of the molecule is CCCCCC(=O)OCC(=O)[C@H]1[C@H](C)C[C@@H]2[C@H]3C[C@H](F)C4=CC(=O)C=C[C@]4(C)[C@@H]3[C@H](O)C[C@@]21C. The molecule has 5 nitrogen and oxygen atoms in total. The van der Waals surface area contributed by atoms with Crippen molar-refractivity contribution >= 4 is 17.5 Å². The lowest BCUT2D eigenvalue weighted by atomic mass is 9.46. The summed E-state index contributed by atoms with van der Waals surface area (Å²) >= 11 is 0. The fourth-order valence-electron chi connectivity index (χ4n) is 8.22. The molecule has 3 fully saturated rings. The molecule has 6 heteroatoms. The summed E-state index contributed by atoms with van der Waals surface area (Å²) in [5.41, 5.74) is -0.689. The summed E-state index contributed by atoms with van der Waals surface area (Å²) in [5.74, 6) is -1.07. The summed E-state index contributed by atoms with van der Waals surface area (Å²) in [6.07, 6.45) is 7.33. The van der Waals surface area contributed by atoms with Crippen LogP contribution in [0.2, 0.25) is 0 Å². The van der Waals surface area contributed by atoms with Crippen molar-refractivity contribution in [2.45, 2.75) is 84.9 Å². The van der Waals surface area contributed by atoms with Crippen LogP contribution in [0.3, 0.4) is 0 Å². The van der Waals surface area contributed by atoms with E-state index in [-0.39, 0.29) is 60.2 Å². The average Bonchev–Trinajstić information content (AvgIpc) is 3.03. The Morgan fingerprint density at radius 2 is 1.97 bits per heavy atom. The Hall–Kier alpha value is -1.82. The Bertz CT molecular complexity index is 908. The van der Waals surface area contributed by atoms with Crippen LogP contribution in [0.5, 0.6) is 0 Å². The minimum atomic E-state index is -1.23. The maximum absolute atomic E-state index is 15.4. The number of unbranched alkanes of at least 4 members (excludes halogenated alkanes) is 2. The normalized spacial score (nSPS) is 42.9. The molecular formula is C28H39FO5. The van der Waals surface area contributed by atoms with Gasteiger partial charge in [-0.3, -0.25) is 14.4 Å². The van der Waals surface area contributed by atoms with E-state index in [1.807, 2.05) is 6.92 Å². The quantitative estimate of drug-likeness (QED) is 0.425. The Morgan fingerprint density at radius 3 is 2.68 bits per heavy atom. The van der Waals surface area contributed by atoms with Crippen molar-refractivity contribution in [3.63, 3.8) is 0 Å². The van der Waals surface area contributed by atoms with Gasteiger partial charge in [-0.05, 0) is 66.6 Å². The minimum Gasteiger partial charge on any atom is -0.458 e. The lowest BCUT2D eigenvalue weighted by Gasteiger charge is -2.59. The molecule has 4 aliphatic carbocycles. The molecule has 4 rings (SSSR count). The smallest absolute Gasteiger partial charge is 0.306 e. The van der Waals surface area contributed by atoms with Crippen molar-refractivity contribution in [3.8, 4) is 0 Å². The Balaban J connectivity index is 1.54. The highest BCUT2D eigenvalue weighted by atomic mass is 19.1. The Morgan fingerprint density at radius 1 is 1.24 bits per heavy atom. The number of alkyl halides is 1. The van der Waals surface area contributed by atoms with E-state index in [1.54, 1.807) is 6.08 Å². The van der Waals surface area contributed by atoms with Gasteiger partial charge in [0.2, 0.25) is 0 Å². The molecule has 0 aromatic carbocycles. The Kier molecular flexibility index (Phi) is 6.93. The van der Waals surface area contributed by atoms with Crippen LogP contribution in [0.4, 0.5) is 4.39 Å². The molecule has 0 aliphatic heterocycles. The number of rotatable bonds is 7. The first-order valence-electron chi connectivity index (χ1n) is 13.0. The standard InChI is InChI=1S/C28H39FO5/c1-5-6-7-8-24(33)34-15-23(32)25-16(2)11-19-18-13-21(29)20-12-17(30)9-10-27(20,3)26(18)22(31)14-28(19,25)4/h9-10,12,16,18-19,21-22,25-26,31H,5-8,11,13-15H2,1-4H3/t16-,18-,19-,21+,22-,25-,26+,27+,28+/m1/s1. The highest BCUT2D eigenvalue weighted by Crippen LogP contribution is 2.67. The third-order valence-corrected chi connectivity index (χ3v) is 9.52. The van der Waals surface area contributed by atoms with Gasteiger partial charge < -0.3 is 9.84 Å². The zero-order valence-corrected chi connectivity index (χ0v) is 20.9. The number of esters is 1. The molecule has 0 saturated heterocycles. The summed E-state index contributed by atoms with van der Waals surface area (Å²) in [6, 6.07) is 0. The van der Waals surface area contributed by atoms with Gasteiger partial charge in [-0.25, -0.2) is 4.39 Å². The summed E-state index contributed by atoms with van der Waals surface area (Å²) in [5, 5.41) is 11.4. The van der Waals surface area contributed by atoms with Crippen molar-refractivity contribution in [3.05, 3.63) is 23.8 Å². The largest absolute Gasteiger partial charge is 0.458 e. The number of hydrogen-bond acceptors (Lipinski definition) is 5. The highest BCUT2D eigenvalue weighted by Gasteiger charge is 2.65. The van der Waals surface area contributed by atoms with Gasteiger partial charge in [0.25, 0.3) is 0 Å². The maximum atomic E-state index is 15.4. The molecule has 3 saturated carbocycles. The first kappa shape index (κ1) is 25.3. The molecule has 0 aromatic rings. The van der Waals surface area contributed by atoms with E-state index in [0.29, 0.717) is 18.4 Å². The number of aliphatic hydroxyl groups is 1. The van der Waals surface area contributed by atoms with Crippen molar-refractivity contribution in [1.29, 1.82) is 0 Å². The average molecular weight is 475 g/mol. The van der Waals surface area contributed by atoms with Gasteiger partial charge in [0.1, 0.15) is 12.8 Å². The highest BCUT2D eigenvalue weighted by molar-refractivity contribution is 6.01. The first-order chi connectivity index (χ1) is 16.0. The molecular weight excluding hydrogens is 435 g/mol. The van der Waals surface area contributed by atoms with Crippen LogP contribution >= 0.6 is 0 Å². The van der Waals surface area contributed by atoms with Crippen LogP contribution in [0.15, 0.2) is 23.8 Å². The molecule has 0 spiro atoms. The number of carbonyl (C=O) groups is 3. The summed E-state index contributed by atoms with van der Waals surface area (Å²) in [6.45, 7) is 7.89. The summed E-state index contributed by atoms with van der Waals surface area (Å²) in [7, 11) is 0. The van der Waals surface area contributed by atoms with Gasteiger partial charge in [0.15, 0.2) is 11.6 Å². The van der Waals surface area contributed by atoms with Gasteiger partial charge in [-0.1, -0.05) is 46.6 Å². The van der Waals surface area contributed by atoms with Crippen molar-refractivity contribution < 1.29 is 28.6 Å². The van der Waals surface area contributed by atoms with E-state index in [1.165, 1.54) is 12.2 Å². The summed E-state index contributed by atoms with van der Waals surface area (Å²) < 4.78 is 20.8. The molecule has 0 radical (unpaired) electrons. The second kappa shape index (κ2) is 9.33. The van der Waals surface area contributed by atoms with Gasteiger partial charge in [-0.15, -0.1) is 0 Å². The fraction of sp³-hybridized carbons (Fsp3) is 0.750. The molecule has 0 unspecified atom stereocenters. The monoisotopic (exact) mass is 474 g/mol. The number of allylic oxidation sites excluding steroid dienone is 4. The number of ether oxygens (including phenoxy) is 1. The molecule has 0 bridgehead atoms. The topological polar surface area (TPSA) is 80.7 Å². The Labute approximate surface area is 202 Å². The molecule has 0 heterocycles. The van der Waals surface area contributed by atoms with Crippen LogP contribution in [-0.4, -0.2) is 41.5 Å². The molecule has 4 aliphatic rings. The van der Waals surface area contributed by atoms with Gasteiger partial charge >= 0.3 is 5.97 Å². The lowest BCUT2D eigenvalue weighted by Crippen LogP contribution is -2.58. The maximum Gasteiger partial charge on any atom is 0.306 e. The van der Waals surface area contributed by atoms with Gasteiger partial charge in [0, 0.05) is 23.7 Å². The van der Waals surface area contributed by atoms with Gasteiger partial charge in [-0.2, -0.15) is 0 Å². The second-order valence-corrected chi connectivity index (χ2v) is 11.7. The van der Waals surface area contributed by atoms with Crippen LogP contribution < -0.4 is 0 Å². The molecule has 0 amide bonds. The zero-order chi connectivity index (χ0) is 24.8. The minimum absolute atomic E-state index is 0.0681. The van der Waals surface area contributed by atoms with E-state index >= 15 is 4.39 Å². The van der Waals surface area contributed by atoms with E-state index in [2.05, 4.69) is 20.8 Å². The third-order valence-electron chi connectivity index (χ3n) is 9.52. The fourth-order valence-corrected chi connectivity index (χ4v) is 8.22. The second-order valence-electron chi connectivity index (χ2n) is 11.7. The lowest BCUT2D eigenvalue weighted by molar-refractivity contribution is -0.155. The molecule has 0 aromatic heterocycles. The number of halogens is 1. The number of carbonyl (C=O) groups excluding carboxylic acids is 3. The van der Waals surface area contributed by atoms with Crippen LogP contribution in [0.1, 0.15) is 72.6 Å². The van der Waals surface area contributed by atoms with Crippen molar-refractivity contribution in [1.82, 2.24) is 0 Å². The van der Waals surface area contributed by atoms with Crippen LogP contribution in [0, 0.1) is 40.4 Å². The van der Waals surface area contributed by atoms with E-state index < -0.39 is 23.1 Å². The molecule has 1 N–H and O–H groups in total. The third kappa shape index (κ3) is 4.10.